The van der Waals surface area contributed by atoms with Gasteiger partial charge in [-0.15, -0.1) is 4.52 Å². The molecule has 1 amide bonds. The highest BCUT2D eigenvalue weighted by atomic mass is 31.1. The SMILES string of the molecule is CCCC(N)C(=O)NC[P+](=O)OCC. The van der Waals surface area contributed by atoms with E-state index >= 15 is 0 Å². The molecule has 0 fully saturated rings. The highest BCUT2D eigenvalue weighted by molar-refractivity contribution is 7.39. The quantitative estimate of drug-likeness (QED) is 0.627. The Morgan fingerprint density at radius 2 is 2.21 bits per heavy atom. The zero-order valence-electron chi connectivity index (χ0n) is 8.66. The van der Waals surface area contributed by atoms with Crippen LogP contribution in [0, 0.1) is 0 Å². The van der Waals surface area contributed by atoms with E-state index in [1.165, 1.54) is 0 Å². The first-order valence-corrected chi connectivity index (χ1v) is 6.08. The molecule has 2 atom stereocenters. The van der Waals surface area contributed by atoms with E-state index in [0.717, 1.165) is 6.42 Å². The summed E-state index contributed by atoms with van der Waals surface area (Å²) in [6, 6.07) is -0.509. The number of hydrogen-bond donors (Lipinski definition) is 2. The van der Waals surface area contributed by atoms with Crippen LogP contribution in [-0.2, 0) is 13.9 Å². The van der Waals surface area contributed by atoms with Crippen molar-refractivity contribution in [1.82, 2.24) is 5.32 Å². The molecule has 5 nitrogen and oxygen atoms in total. The second-order valence-electron chi connectivity index (χ2n) is 2.84. The summed E-state index contributed by atoms with van der Waals surface area (Å²) >= 11 is 0. The van der Waals surface area contributed by atoms with E-state index < -0.39 is 14.1 Å². The van der Waals surface area contributed by atoms with Crippen LogP contribution < -0.4 is 11.1 Å². The van der Waals surface area contributed by atoms with E-state index in [4.69, 9.17) is 10.3 Å². The number of carbonyl (C=O) groups is 1. The average Bonchev–Trinajstić information content (AvgIpc) is 2.15. The monoisotopic (exact) mass is 221 g/mol. The van der Waals surface area contributed by atoms with Crippen LogP contribution in [0.5, 0.6) is 0 Å². The maximum Gasteiger partial charge on any atom is 0.529 e. The van der Waals surface area contributed by atoms with Crippen molar-refractivity contribution in [2.45, 2.75) is 32.7 Å². The van der Waals surface area contributed by atoms with Crippen LogP contribution >= 0.6 is 8.03 Å². The second-order valence-corrected chi connectivity index (χ2v) is 4.08. The van der Waals surface area contributed by atoms with E-state index in [2.05, 4.69) is 5.32 Å². The largest absolute Gasteiger partial charge is 0.529 e. The maximum atomic E-state index is 11.2. The Morgan fingerprint density at radius 3 is 2.71 bits per heavy atom. The number of amides is 1. The van der Waals surface area contributed by atoms with Crippen LogP contribution in [0.3, 0.4) is 0 Å². The minimum atomic E-state index is -1.78. The summed E-state index contributed by atoms with van der Waals surface area (Å²) in [5, 5.41) is 2.48. The third kappa shape index (κ3) is 6.02. The molecule has 0 saturated carbocycles. The number of nitrogens with one attached hydrogen (secondary N) is 1. The molecule has 0 aliphatic heterocycles. The Bertz CT molecular complexity index is 199. The fourth-order valence-electron chi connectivity index (χ4n) is 0.905. The van der Waals surface area contributed by atoms with Gasteiger partial charge in [0.1, 0.15) is 0 Å². The lowest BCUT2D eigenvalue weighted by Gasteiger charge is -2.07. The lowest BCUT2D eigenvalue weighted by atomic mass is 10.2. The number of carbonyl (C=O) groups excluding carboxylic acids is 1. The fraction of sp³-hybridized carbons (Fsp3) is 0.875. The van der Waals surface area contributed by atoms with E-state index in [1.807, 2.05) is 6.92 Å². The predicted octanol–water partition coefficient (Wildman–Crippen LogP) is 0.966. The molecule has 0 radical (unpaired) electrons. The van der Waals surface area contributed by atoms with Gasteiger partial charge in [0.25, 0.3) is 6.29 Å². The van der Waals surface area contributed by atoms with E-state index in [1.54, 1.807) is 6.92 Å². The molecule has 0 saturated heterocycles. The van der Waals surface area contributed by atoms with Gasteiger partial charge in [-0.05, 0) is 17.9 Å². The molecular weight excluding hydrogens is 203 g/mol. The molecule has 0 rings (SSSR count). The minimum Gasteiger partial charge on any atom is -0.320 e. The first-order valence-electron chi connectivity index (χ1n) is 4.72. The molecule has 0 aromatic rings. The Kier molecular flexibility index (Phi) is 7.57. The van der Waals surface area contributed by atoms with Gasteiger partial charge in [0.05, 0.1) is 12.6 Å². The molecule has 0 spiro atoms. The average molecular weight is 221 g/mol. The van der Waals surface area contributed by atoms with Crippen LogP contribution in [0.2, 0.25) is 0 Å². The molecule has 0 aromatic carbocycles. The Balaban J connectivity index is 3.67. The smallest absolute Gasteiger partial charge is 0.320 e. The molecule has 0 bridgehead atoms. The van der Waals surface area contributed by atoms with E-state index in [9.17, 15) is 9.36 Å². The highest BCUT2D eigenvalue weighted by Gasteiger charge is 2.20. The lowest BCUT2D eigenvalue weighted by molar-refractivity contribution is -0.122. The van der Waals surface area contributed by atoms with Crippen molar-refractivity contribution in [3.8, 4) is 0 Å². The summed E-state index contributed by atoms with van der Waals surface area (Å²) in [6.45, 7) is 4.08. The van der Waals surface area contributed by atoms with Crippen LogP contribution in [0.15, 0.2) is 0 Å². The van der Waals surface area contributed by atoms with Crippen LogP contribution in [0.25, 0.3) is 0 Å². The first kappa shape index (κ1) is 13.5. The Hall–Kier alpha value is -0.510. The van der Waals surface area contributed by atoms with Gasteiger partial charge < -0.3 is 11.1 Å². The minimum absolute atomic E-state index is 0.0411. The molecule has 3 N–H and O–H groups in total. The van der Waals surface area contributed by atoms with Crippen molar-refractivity contribution in [2.24, 2.45) is 5.73 Å². The van der Waals surface area contributed by atoms with Crippen molar-refractivity contribution in [1.29, 1.82) is 0 Å². The Labute approximate surface area is 85.3 Å². The zero-order chi connectivity index (χ0) is 11.0. The Morgan fingerprint density at radius 1 is 1.57 bits per heavy atom. The summed E-state index contributed by atoms with van der Waals surface area (Å²) in [6.07, 6.45) is 1.53. The van der Waals surface area contributed by atoms with Gasteiger partial charge in [0.15, 0.2) is 0 Å². The topological polar surface area (TPSA) is 81.4 Å². The van der Waals surface area contributed by atoms with Gasteiger partial charge in [0.2, 0.25) is 5.91 Å². The number of hydrogen-bond acceptors (Lipinski definition) is 4. The molecule has 6 heteroatoms. The third-order valence-corrected chi connectivity index (χ3v) is 2.55. The van der Waals surface area contributed by atoms with Crippen molar-refractivity contribution in [3.63, 3.8) is 0 Å². The van der Waals surface area contributed by atoms with Gasteiger partial charge in [-0.25, -0.2) is 0 Å². The molecule has 0 aliphatic rings. The van der Waals surface area contributed by atoms with Crippen molar-refractivity contribution in [2.75, 3.05) is 12.9 Å². The first-order chi connectivity index (χ1) is 6.61. The molecule has 0 aromatic heterocycles. The number of rotatable bonds is 7. The van der Waals surface area contributed by atoms with Gasteiger partial charge in [-0.1, -0.05) is 13.3 Å². The number of nitrogens with two attached hydrogens (primary N) is 1. The molecule has 2 unspecified atom stereocenters. The molecule has 14 heavy (non-hydrogen) atoms. The molecule has 0 aliphatic carbocycles. The van der Waals surface area contributed by atoms with E-state index in [-0.39, 0.29) is 12.2 Å². The maximum absolute atomic E-state index is 11.2. The fourth-order valence-corrected chi connectivity index (χ4v) is 1.57. The summed E-state index contributed by atoms with van der Waals surface area (Å²) < 4.78 is 15.8. The zero-order valence-corrected chi connectivity index (χ0v) is 9.55. The second kappa shape index (κ2) is 7.85. The van der Waals surface area contributed by atoms with Crippen LogP contribution in [0.4, 0.5) is 0 Å². The van der Waals surface area contributed by atoms with Crippen molar-refractivity contribution >= 4 is 13.9 Å². The summed E-state index contributed by atoms with van der Waals surface area (Å²) in [5.41, 5.74) is 5.54. The predicted molar refractivity (Wildman–Crippen MR) is 55.1 cm³/mol. The van der Waals surface area contributed by atoms with Gasteiger partial charge in [-0.3, -0.25) is 4.79 Å². The highest BCUT2D eigenvalue weighted by Crippen LogP contribution is 2.18. The molecule has 0 heterocycles. The van der Waals surface area contributed by atoms with Gasteiger partial charge >= 0.3 is 8.03 Å². The summed E-state index contributed by atoms with van der Waals surface area (Å²) in [4.78, 5) is 11.2. The summed E-state index contributed by atoms with van der Waals surface area (Å²) in [7, 11) is -1.78. The van der Waals surface area contributed by atoms with Crippen molar-refractivity contribution < 1.29 is 13.9 Å². The third-order valence-electron chi connectivity index (χ3n) is 1.59. The standard InChI is InChI=1S/C8H17N2O3P/c1-3-5-7(9)8(11)10-6-14(12)13-4-2/h7H,3-6,9H2,1-2H3/p+1. The normalized spacial score (nSPS) is 13.5. The van der Waals surface area contributed by atoms with E-state index in [0.29, 0.717) is 13.0 Å². The summed E-state index contributed by atoms with van der Waals surface area (Å²) in [5.74, 6) is -0.269. The van der Waals surface area contributed by atoms with Gasteiger partial charge in [-0.2, -0.15) is 0 Å². The van der Waals surface area contributed by atoms with Crippen molar-refractivity contribution in [3.05, 3.63) is 0 Å². The van der Waals surface area contributed by atoms with Gasteiger partial charge in [0, 0.05) is 0 Å². The van der Waals surface area contributed by atoms with Crippen LogP contribution in [0.1, 0.15) is 26.7 Å². The van der Waals surface area contributed by atoms with Crippen LogP contribution in [-0.4, -0.2) is 24.8 Å². The molecular formula is C8H18N2O3P+. The lowest BCUT2D eigenvalue weighted by Crippen LogP contribution is -2.40. The molecule has 82 valence electrons.